The highest BCUT2D eigenvalue weighted by atomic mass is 32.2. The number of ketones is 1. The molecule has 0 spiro atoms. The second kappa shape index (κ2) is 5.66. The average Bonchev–Trinajstić information content (AvgIpc) is 2.68. The standard InChI is InChI=1S/C11H14O3S/c1-8(2)14-11(15-3)7-9(12)10-5-4-6-13-10/h4-8H,1-3H3/b11-7-. The maximum atomic E-state index is 11.6. The van der Waals surface area contributed by atoms with Crippen molar-refractivity contribution in [1.29, 1.82) is 0 Å². The van der Waals surface area contributed by atoms with Gasteiger partial charge in [-0.05, 0) is 32.2 Å². The molecule has 0 aliphatic carbocycles. The van der Waals surface area contributed by atoms with Crippen LogP contribution in [-0.4, -0.2) is 18.1 Å². The summed E-state index contributed by atoms with van der Waals surface area (Å²) in [6.07, 6.45) is 4.85. The number of hydrogen-bond acceptors (Lipinski definition) is 4. The molecule has 0 saturated heterocycles. The molecular weight excluding hydrogens is 212 g/mol. The van der Waals surface area contributed by atoms with E-state index in [1.165, 1.54) is 24.1 Å². The first-order chi connectivity index (χ1) is 7.13. The van der Waals surface area contributed by atoms with E-state index in [0.717, 1.165) is 0 Å². The predicted molar refractivity (Wildman–Crippen MR) is 60.9 cm³/mol. The highest BCUT2D eigenvalue weighted by molar-refractivity contribution is 8.02. The average molecular weight is 226 g/mol. The van der Waals surface area contributed by atoms with Crippen LogP contribution in [0.5, 0.6) is 0 Å². The van der Waals surface area contributed by atoms with Crippen LogP contribution in [0.25, 0.3) is 0 Å². The topological polar surface area (TPSA) is 39.4 Å². The van der Waals surface area contributed by atoms with E-state index < -0.39 is 0 Å². The molecule has 3 nitrogen and oxygen atoms in total. The molecule has 1 heterocycles. The van der Waals surface area contributed by atoms with Crippen LogP contribution in [0.2, 0.25) is 0 Å². The van der Waals surface area contributed by atoms with Crippen LogP contribution >= 0.6 is 11.8 Å². The zero-order valence-electron chi connectivity index (χ0n) is 9.02. The second-order valence-electron chi connectivity index (χ2n) is 3.18. The number of carbonyl (C=O) groups excluding carboxylic acids is 1. The Bertz CT molecular complexity index is 339. The van der Waals surface area contributed by atoms with Crippen molar-refractivity contribution in [2.24, 2.45) is 0 Å². The lowest BCUT2D eigenvalue weighted by atomic mass is 10.3. The molecule has 0 N–H and O–H groups in total. The molecule has 82 valence electrons. The summed E-state index contributed by atoms with van der Waals surface area (Å²) in [7, 11) is 0. The van der Waals surface area contributed by atoms with Gasteiger partial charge in [-0.1, -0.05) is 11.8 Å². The number of rotatable bonds is 5. The van der Waals surface area contributed by atoms with E-state index in [-0.39, 0.29) is 11.9 Å². The van der Waals surface area contributed by atoms with Gasteiger partial charge in [0.05, 0.1) is 12.4 Å². The molecule has 0 aromatic carbocycles. The first kappa shape index (κ1) is 11.9. The molecule has 1 rings (SSSR count). The van der Waals surface area contributed by atoms with Gasteiger partial charge in [0.25, 0.3) is 0 Å². The van der Waals surface area contributed by atoms with E-state index in [1.807, 2.05) is 20.1 Å². The highest BCUT2D eigenvalue weighted by Crippen LogP contribution is 2.16. The number of hydrogen-bond donors (Lipinski definition) is 0. The van der Waals surface area contributed by atoms with E-state index in [9.17, 15) is 4.79 Å². The first-order valence-electron chi connectivity index (χ1n) is 4.63. The van der Waals surface area contributed by atoms with Gasteiger partial charge >= 0.3 is 0 Å². The monoisotopic (exact) mass is 226 g/mol. The van der Waals surface area contributed by atoms with Crippen molar-refractivity contribution < 1.29 is 13.9 Å². The summed E-state index contributed by atoms with van der Waals surface area (Å²) in [4.78, 5) is 11.6. The van der Waals surface area contributed by atoms with Crippen molar-refractivity contribution in [3.63, 3.8) is 0 Å². The SMILES string of the molecule is CS/C(=C\C(=O)c1ccco1)OC(C)C. The zero-order chi connectivity index (χ0) is 11.3. The van der Waals surface area contributed by atoms with Crippen LogP contribution in [0.1, 0.15) is 24.4 Å². The Labute approximate surface area is 93.5 Å². The molecule has 4 heteroatoms. The minimum absolute atomic E-state index is 0.0631. The van der Waals surface area contributed by atoms with Gasteiger partial charge in [0.2, 0.25) is 5.78 Å². The molecule has 0 bridgehead atoms. The third kappa shape index (κ3) is 3.83. The van der Waals surface area contributed by atoms with Gasteiger partial charge in [-0.25, -0.2) is 0 Å². The van der Waals surface area contributed by atoms with Crippen molar-refractivity contribution in [1.82, 2.24) is 0 Å². The van der Waals surface area contributed by atoms with Crippen LogP contribution in [-0.2, 0) is 4.74 Å². The van der Waals surface area contributed by atoms with E-state index in [2.05, 4.69) is 0 Å². The molecule has 0 unspecified atom stereocenters. The van der Waals surface area contributed by atoms with Gasteiger partial charge in [0.15, 0.2) is 10.9 Å². The van der Waals surface area contributed by atoms with Crippen LogP contribution in [0, 0.1) is 0 Å². The molecule has 15 heavy (non-hydrogen) atoms. The summed E-state index contributed by atoms with van der Waals surface area (Å²) in [5.74, 6) is 0.152. The Hall–Kier alpha value is -1.16. The molecular formula is C11H14O3S. The second-order valence-corrected chi connectivity index (χ2v) is 3.99. The molecule has 0 radical (unpaired) electrons. The Kier molecular flexibility index (Phi) is 4.49. The Balaban J connectivity index is 2.71. The number of carbonyl (C=O) groups is 1. The van der Waals surface area contributed by atoms with Crippen LogP contribution in [0.3, 0.4) is 0 Å². The third-order valence-electron chi connectivity index (χ3n) is 1.57. The quantitative estimate of drug-likeness (QED) is 0.439. The van der Waals surface area contributed by atoms with Crippen LogP contribution < -0.4 is 0 Å². The summed E-state index contributed by atoms with van der Waals surface area (Å²) in [6, 6.07) is 3.31. The Morgan fingerprint density at radius 3 is 2.80 bits per heavy atom. The summed E-state index contributed by atoms with van der Waals surface area (Å²) in [5.41, 5.74) is 0. The van der Waals surface area contributed by atoms with Gasteiger partial charge < -0.3 is 9.15 Å². The normalized spacial score (nSPS) is 11.9. The largest absolute Gasteiger partial charge is 0.485 e. The smallest absolute Gasteiger partial charge is 0.225 e. The van der Waals surface area contributed by atoms with Crippen molar-refractivity contribution in [2.75, 3.05) is 6.26 Å². The van der Waals surface area contributed by atoms with Crippen molar-refractivity contribution in [3.8, 4) is 0 Å². The summed E-state index contributed by atoms with van der Waals surface area (Å²) >= 11 is 1.40. The zero-order valence-corrected chi connectivity index (χ0v) is 9.84. The van der Waals surface area contributed by atoms with Gasteiger partial charge in [-0.3, -0.25) is 4.79 Å². The number of furan rings is 1. The van der Waals surface area contributed by atoms with Crippen molar-refractivity contribution >= 4 is 17.5 Å². The van der Waals surface area contributed by atoms with Crippen LogP contribution in [0.4, 0.5) is 0 Å². The first-order valence-corrected chi connectivity index (χ1v) is 5.86. The fraction of sp³-hybridized carbons (Fsp3) is 0.364. The lowest BCUT2D eigenvalue weighted by molar-refractivity contribution is 0.101. The van der Waals surface area contributed by atoms with E-state index >= 15 is 0 Å². The molecule has 0 aliphatic heterocycles. The molecule has 0 fully saturated rings. The van der Waals surface area contributed by atoms with Gasteiger partial charge in [0.1, 0.15) is 0 Å². The Morgan fingerprint density at radius 1 is 1.60 bits per heavy atom. The minimum Gasteiger partial charge on any atom is -0.485 e. The molecule has 1 aromatic heterocycles. The lowest BCUT2D eigenvalue weighted by Gasteiger charge is -2.10. The fourth-order valence-corrected chi connectivity index (χ4v) is 1.48. The number of thioether (sulfide) groups is 1. The summed E-state index contributed by atoms with van der Waals surface area (Å²) in [6.45, 7) is 3.84. The van der Waals surface area contributed by atoms with Gasteiger partial charge in [0, 0.05) is 6.08 Å². The van der Waals surface area contributed by atoms with E-state index in [0.29, 0.717) is 10.9 Å². The van der Waals surface area contributed by atoms with E-state index in [1.54, 1.807) is 12.1 Å². The molecule has 0 amide bonds. The number of ether oxygens (including phenoxy) is 1. The maximum absolute atomic E-state index is 11.6. The van der Waals surface area contributed by atoms with Crippen LogP contribution in [0.15, 0.2) is 34.0 Å². The predicted octanol–water partition coefficient (Wildman–Crippen LogP) is 3.09. The summed E-state index contributed by atoms with van der Waals surface area (Å²) in [5, 5.41) is 0.603. The molecule has 0 saturated carbocycles. The van der Waals surface area contributed by atoms with Crippen molar-refractivity contribution in [2.45, 2.75) is 20.0 Å². The highest BCUT2D eigenvalue weighted by Gasteiger charge is 2.08. The summed E-state index contributed by atoms with van der Waals surface area (Å²) < 4.78 is 10.4. The molecule has 0 aliphatic rings. The van der Waals surface area contributed by atoms with Gasteiger partial charge in [-0.2, -0.15) is 0 Å². The minimum atomic E-state index is -0.176. The number of allylic oxidation sites excluding steroid dienone is 1. The molecule has 1 aromatic rings. The fourth-order valence-electron chi connectivity index (χ4n) is 0.970. The van der Waals surface area contributed by atoms with E-state index in [4.69, 9.17) is 9.15 Å². The maximum Gasteiger partial charge on any atom is 0.225 e. The van der Waals surface area contributed by atoms with Gasteiger partial charge in [-0.15, -0.1) is 0 Å². The molecule has 0 atom stereocenters. The van der Waals surface area contributed by atoms with Crippen molar-refractivity contribution in [3.05, 3.63) is 35.3 Å². The Morgan fingerprint density at radius 2 is 2.33 bits per heavy atom. The third-order valence-corrected chi connectivity index (χ3v) is 2.18. The lowest BCUT2D eigenvalue weighted by Crippen LogP contribution is -2.02.